The molecule has 2 heterocycles. The van der Waals surface area contributed by atoms with Crippen LogP contribution in [0.15, 0.2) is 55.0 Å². The molecule has 0 unspecified atom stereocenters. The van der Waals surface area contributed by atoms with Gasteiger partial charge in [0.2, 0.25) is 0 Å². The minimum absolute atomic E-state index is 0.723. The molecule has 0 amide bonds. The van der Waals surface area contributed by atoms with Crippen molar-refractivity contribution >= 4 is 17.4 Å². The first-order valence-corrected chi connectivity index (χ1v) is 8.13. The second-order valence-corrected chi connectivity index (χ2v) is 6.19. The highest BCUT2D eigenvalue weighted by atomic mass is 35.5. The van der Waals surface area contributed by atoms with E-state index in [0.29, 0.717) is 0 Å². The van der Waals surface area contributed by atoms with Crippen LogP contribution in [0.4, 0.5) is 5.82 Å². The average Bonchev–Trinajstić information content (AvgIpc) is 3.05. The molecule has 0 fully saturated rings. The van der Waals surface area contributed by atoms with Crippen molar-refractivity contribution in [3.63, 3.8) is 0 Å². The summed E-state index contributed by atoms with van der Waals surface area (Å²) in [6.45, 7) is 1.50. The van der Waals surface area contributed by atoms with Crippen molar-refractivity contribution in [2.24, 2.45) is 0 Å². The second-order valence-electron chi connectivity index (χ2n) is 5.75. The normalized spacial score (nSPS) is 10.8. The van der Waals surface area contributed by atoms with Crippen molar-refractivity contribution in [2.75, 3.05) is 19.0 Å². The van der Waals surface area contributed by atoms with E-state index < -0.39 is 0 Å². The van der Waals surface area contributed by atoms with E-state index in [0.717, 1.165) is 35.2 Å². The molecule has 24 heavy (non-hydrogen) atoms. The quantitative estimate of drug-likeness (QED) is 0.747. The monoisotopic (exact) mass is 341 g/mol. The third-order valence-electron chi connectivity index (χ3n) is 3.66. The molecule has 0 saturated carbocycles. The van der Waals surface area contributed by atoms with Gasteiger partial charge < -0.3 is 10.2 Å². The van der Waals surface area contributed by atoms with Crippen LogP contribution < -0.4 is 10.2 Å². The van der Waals surface area contributed by atoms with Crippen molar-refractivity contribution in [3.05, 3.63) is 71.1 Å². The highest BCUT2D eigenvalue weighted by Gasteiger charge is 2.06. The van der Waals surface area contributed by atoms with Crippen LogP contribution in [0.3, 0.4) is 0 Å². The van der Waals surface area contributed by atoms with Gasteiger partial charge in [0.25, 0.3) is 0 Å². The summed E-state index contributed by atoms with van der Waals surface area (Å²) in [5, 5.41) is 8.57. The van der Waals surface area contributed by atoms with Crippen LogP contribution >= 0.6 is 11.6 Å². The molecule has 6 heteroatoms. The maximum atomic E-state index is 5.92. The summed E-state index contributed by atoms with van der Waals surface area (Å²) in [6, 6.07) is 11.7. The Bertz CT molecular complexity index is 795. The van der Waals surface area contributed by atoms with E-state index in [2.05, 4.69) is 21.5 Å². The van der Waals surface area contributed by atoms with Crippen LogP contribution in [-0.2, 0) is 13.1 Å². The molecule has 1 aromatic carbocycles. The molecule has 0 spiro atoms. The van der Waals surface area contributed by atoms with Gasteiger partial charge in [0.1, 0.15) is 5.82 Å². The van der Waals surface area contributed by atoms with Gasteiger partial charge in [0.05, 0.1) is 11.9 Å². The Labute approximate surface area is 146 Å². The summed E-state index contributed by atoms with van der Waals surface area (Å²) in [5.41, 5.74) is 3.29. The number of nitrogens with zero attached hydrogens (tertiary/aromatic N) is 4. The number of aromatic nitrogens is 3. The Morgan fingerprint density at radius 1 is 1.12 bits per heavy atom. The van der Waals surface area contributed by atoms with Crippen LogP contribution in [0.1, 0.15) is 11.1 Å². The molecule has 0 aliphatic carbocycles. The fourth-order valence-corrected chi connectivity index (χ4v) is 2.62. The van der Waals surface area contributed by atoms with Gasteiger partial charge in [-0.3, -0.25) is 0 Å². The molecule has 124 valence electrons. The first kappa shape index (κ1) is 16.5. The zero-order valence-electron chi connectivity index (χ0n) is 13.8. The molecule has 0 bridgehead atoms. The van der Waals surface area contributed by atoms with Gasteiger partial charge in [0, 0.05) is 55.7 Å². The summed E-state index contributed by atoms with van der Waals surface area (Å²) < 4.78 is 1.85. The largest absolute Gasteiger partial charge is 0.362 e. The topological polar surface area (TPSA) is 46.0 Å². The van der Waals surface area contributed by atoms with E-state index in [1.807, 2.05) is 72.6 Å². The van der Waals surface area contributed by atoms with E-state index in [4.69, 9.17) is 11.6 Å². The SMILES string of the molecule is CN(C)c1ncccc1CNCc1cnn(-c2ccc(Cl)cc2)c1. The van der Waals surface area contributed by atoms with Crippen LogP contribution in [0.25, 0.3) is 5.69 Å². The third-order valence-corrected chi connectivity index (χ3v) is 3.91. The fourth-order valence-electron chi connectivity index (χ4n) is 2.50. The number of pyridine rings is 1. The number of rotatable bonds is 6. The summed E-state index contributed by atoms with van der Waals surface area (Å²) in [6.07, 6.45) is 5.71. The lowest BCUT2D eigenvalue weighted by Gasteiger charge is -2.15. The molecule has 0 radical (unpaired) electrons. The molecule has 3 rings (SSSR count). The van der Waals surface area contributed by atoms with Crippen LogP contribution in [-0.4, -0.2) is 28.9 Å². The number of hydrogen-bond acceptors (Lipinski definition) is 4. The molecule has 2 aromatic heterocycles. The molecule has 3 aromatic rings. The average molecular weight is 342 g/mol. The molecule has 0 aliphatic heterocycles. The number of benzene rings is 1. The van der Waals surface area contributed by atoms with Gasteiger partial charge in [-0.2, -0.15) is 5.10 Å². The number of halogens is 1. The van der Waals surface area contributed by atoms with E-state index in [1.165, 1.54) is 5.56 Å². The van der Waals surface area contributed by atoms with Crippen molar-refractivity contribution < 1.29 is 0 Å². The maximum Gasteiger partial charge on any atom is 0.132 e. The predicted molar refractivity (Wildman–Crippen MR) is 97.7 cm³/mol. The van der Waals surface area contributed by atoms with Gasteiger partial charge in [-0.1, -0.05) is 17.7 Å². The summed E-state index contributed by atoms with van der Waals surface area (Å²) in [4.78, 5) is 6.44. The standard InChI is InChI=1S/C18H20ClN5/c1-23(2)18-15(4-3-9-21-18)12-20-10-14-11-22-24(13-14)17-7-5-16(19)6-8-17/h3-9,11,13,20H,10,12H2,1-2H3. The molecular formula is C18H20ClN5. The maximum absolute atomic E-state index is 5.92. The Hall–Kier alpha value is -2.37. The minimum Gasteiger partial charge on any atom is -0.362 e. The zero-order chi connectivity index (χ0) is 16.9. The Morgan fingerprint density at radius 2 is 1.92 bits per heavy atom. The van der Waals surface area contributed by atoms with Gasteiger partial charge in [-0.05, 0) is 30.3 Å². The zero-order valence-corrected chi connectivity index (χ0v) is 14.5. The van der Waals surface area contributed by atoms with Crippen molar-refractivity contribution in [2.45, 2.75) is 13.1 Å². The van der Waals surface area contributed by atoms with Gasteiger partial charge in [-0.25, -0.2) is 9.67 Å². The fraction of sp³-hybridized carbons (Fsp3) is 0.222. The van der Waals surface area contributed by atoms with Crippen molar-refractivity contribution in [1.82, 2.24) is 20.1 Å². The molecule has 0 atom stereocenters. The van der Waals surface area contributed by atoms with E-state index in [-0.39, 0.29) is 0 Å². The van der Waals surface area contributed by atoms with Crippen LogP contribution in [0, 0.1) is 0 Å². The first-order chi connectivity index (χ1) is 11.6. The number of hydrogen-bond donors (Lipinski definition) is 1. The molecule has 0 aliphatic rings. The highest BCUT2D eigenvalue weighted by molar-refractivity contribution is 6.30. The van der Waals surface area contributed by atoms with Crippen LogP contribution in [0.5, 0.6) is 0 Å². The predicted octanol–water partition coefficient (Wildman–Crippen LogP) is 3.28. The van der Waals surface area contributed by atoms with E-state index >= 15 is 0 Å². The summed E-state index contributed by atoms with van der Waals surface area (Å²) >= 11 is 5.92. The highest BCUT2D eigenvalue weighted by Crippen LogP contribution is 2.15. The minimum atomic E-state index is 0.723. The van der Waals surface area contributed by atoms with Crippen molar-refractivity contribution in [1.29, 1.82) is 0 Å². The first-order valence-electron chi connectivity index (χ1n) is 7.75. The van der Waals surface area contributed by atoms with Gasteiger partial charge >= 0.3 is 0 Å². The lowest BCUT2D eigenvalue weighted by molar-refractivity contribution is 0.690. The molecule has 5 nitrogen and oxygen atoms in total. The summed E-state index contributed by atoms with van der Waals surface area (Å²) in [5.74, 6) is 0.988. The molecular weight excluding hydrogens is 322 g/mol. The smallest absolute Gasteiger partial charge is 0.132 e. The second kappa shape index (κ2) is 7.47. The Kier molecular flexibility index (Phi) is 5.13. The van der Waals surface area contributed by atoms with E-state index in [9.17, 15) is 0 Å². The lowest BCUT2D eigenvalue weighted by atomic mass is 10.2. The van der Waals surface area contributed by atoms with Crippen molar-refractivity contribution in [3.8, 4) is 5.69 Å². The number of nitrogens with one attached hydrogen (secondary N) is 1. The Balaban J connectivity index is 1.61. The third kappa shape index (κ3) is 3.93. The van der Waals surface area contributed by atoms with E-state index in [1.54, 1.807) is 0 Å². The van der Waals surface area contributed by atoms with Gasteiger partial charge in [0.15, 0.2) is 0 Å². The molecule has 1 N–H and O–H groups in total. The van der Waals surface area contributed by atoms with Crippen LogP contribution in [0.2, 0.25) is 5.02 Å². The Morgan fingerprint density at radius 3 is 2.67 bits per heavy atom. The lowest BCUT2D eigenvalue weighted by Crippen LogP contribution is -2.18. The number of anilines is 1. The molecule has 0 saturated heterocycles. The van der Waals surface area contributed by atoms with Gasteiger partial charge in [-0.15, -0.1) is 0 Å². The summed E-state index contributed by atoms with van der Waals surface area (Å²) in [7, 11) is 4.00.